The summed E-state index contributed by atoms with van der Waals surface area (Å²) in [6, 6.07) is 1.39. The van der Waals surface area contributed by atoms with E-state index in [2.05, 4.69) is 4.98 Å². The van der Waals surface area contributed by atoms with Gasteiger partial charge in [0.2, 0.25) is 0 Å². The summed E-state index contributed by atoms with van der Waals surface area (Å²) in [5.74, 6) is -0.138. The fourth-order valence-electron chi connectivity index (χ4n) is 1.84. The van der Waals surface area contributed by atoms with Gasteiger partial charge in [0.05, 0.1) is 10.5 Å². The van der Waals surface area contributed by atoms with E-state index in [0.29, 0.717) is 5.56 Å². The molecule has 0 aromatic carbocycles. The van der Waals surface area contributed by atoms with E-state index in [1.807, 2.05) is 0 Å². The second-order valence-corrected chi connectivity index (χ2v) is 6.20. The molecule has 0 N–H and O–H groups in total. The van der Waals surface area contributed by atoms with Crippen molar-refractivity contribution in [1.82, 2.24) is 9.88 Å². The lowest BCUT2D eigenvalue weighted by atomic mass is 10.2. The second-order valence-electron chi connectivity index (χ2n) is 4.18. The average molecular weight is 254 g/mol. The van der Waals surface area contributed by atoms with Crippen LogP contribution in [0.3, 0.4) is 0 Å². The highest BCUT2D eigenvalue weighted by Gasteiger charge is 2.20. The Morgan fingerprint density at radius 1 is 1.29 bits per heavy atom. The van der Waals surface area contributed by atoms with Crippen molar-refractivity contribution in [3.63, 3.8) is 0 Å². The summed E-state index contributed by atoms with van der Waals surface area (Å²) in [5, 5.41) is 0. The van der Waals surface area contributed by atoms with Gasteiger partial charge in [0.1, 0.15) is 0 Å². The van der Waals surface area contributed by atoms with Crippen LogP contribution in [-0.2, 0) is 9.84 Å². The smallest absolute Gasteiger partial charge is 0.255 e. The Morgan fingerprint density at radius 3 is 2.53 bits per heavy atom. The van der Waals surface area contributed by atoms with Crippen molar-refractivity contribution in [3.8, 4) is 0 Å². The number of rotatable bonds is 2. The van der Waals surface area contributed by atoms with Gasteiger partial charge in [-0.3, -0.25) is 9.78 Å². The Morgan fingerprint density at radius 2 is 1.94 bits per heavy atom. The van der Waals surface area contributed by atoms with E-state index < -0.39 is 9.84 Å². The monoisotopic (exact) mass is 254 g/mol. The van der Waals surface area contributed by atoms with Crippen LogP contribution in [0.5, 0.6) is 0 Å². The summed E-state index contributed by atoms with van der Waals surface area (Å²) >= 11 is 0. The Kier molecular flexibility index (Phi) is 3.15. The van der Waals surface area contributed by atoms with Crippen molar-refractivity contribution >= 4 is 15.7 Å². The minimum absolute atomic E-state index is 0.0857. The number of sulfone groups is 1. The topological polar surface area (TPSA) is 67.3 Å². The molecule has 0 spiro atoms. The largest absolute Gasteiger partial charge is 0.339 e. The number of carbonyl (C=O) groups excluding carboxylic acids is 1. The van der Waals surface area contributed by atoms with Crippen molar-refractivity contribution in [2.24, 2.45) is 0 Å². The molecule has 1 aliphatic rings. The molecule has 2 heterocycles. The third-order valence-electron chi connectivity index (χ3n) is 2.78. The summed E-state index contributed by atoms with van der Waals surface area (Å²) < 4.78 is 22.7. The fourth-order valence-corrected chi connectivity index (χ4v) is 2.43. The number of aromatic nitrogens is 1. The van der Waals surface area contributed by atoms with Gasteiger partial charge in [0.15, 0.2) is 9.84 Å². The quantitative estimate of drug-likeness (QED) is 0.780. The van der Waals surface area contributed by atoms with Crippen molar-refractivity contribution in [1.29, 1.82) is 0 Å². The normalized spacial score (nSPS) is 16.2. The Bertz CT molecular complexity index is 533. The van der Waals surface area contributed by atoms with Crippen LogP contribution in [0.4, 0.5) is 0 Å². The molecule has 0 bridgehead atoms. The Hall–Kier alpha value is -1.43. The molecule has 0 radical (unpaired) electrons. The lowest BCUT2D eigenvalue weighted by Crippen LogP contribution is -2.27. The van der Waals surface area contributed by atoms with Gasteiger partial charge in [-0.2, -0.15) is 0 Å². The van der Waals surface area contributed by atoms with Gasteiger partial charge < -0.3 is 4.90 Å². The molecule has 92 valence electrons. The molecule has 1 saturated heterocycles. The molecule has 6 heteroatoms. The molecule has 0 unspecified atom stereocenters. The van der Waals surface area contributed by atoms with Gasteiger partial charge in [-0.25, -0.2) is 8.42 Å². The summed E-state index contributed by atoms with van der Waals surface area (Å²) in [7, 11) is -3.32. The SMILES string of the molecule is CS(=O)(=O)c1cncc(C(=O)N2CCCC2)c1. The molecule has 1 fully saturated rings. The van der Waals surface area contributed by atoms with Crippen LogP contribution in [0, 0.1) is 0 Å². The van der Waals surface area contributed by atoms with Crippen LogP contribution < -0.4 is 0 Å². The van der Waals surface area contributed by atoms with E-state index >= 15 is 0 Å². The maximum Gasteiger partial charge on any atom is 0.255 e. The van der Waals surface area contributed by atoms with E-state index in [1.54, 1.807) is 4.90 Å². The van der Waals surface area contributed by atoms with E-state index in [1.165, 1.54) is 18.5 Å². The third kappa shape index (κ3) is 2.63. The highest BCUT2D eigenvalue weighted by molar-refractivity contribution is 7.90. The predicted molar refractivity (Wildman–Crippen MR) is 62.5 cm³/mol. The zero-order chi connectivity index (χ0) is 12.5. The number of hydrogen-bond acceptors (Lipinski definition) is 4. The van der Waals surface area contributed by atoms with Crippen LogP contribution >= 0.6 is 0 Å². The molecule has 1 aromatic rings. The lowest BCUT2D eigenvalue weighted by Gasteiger charge is -2.15. The number of likely N-dealkylation sites (tertiary alicyclic amines) is 1. The molecule has 1 aromatic heterocycles. The van der Waals surface area contributed by atoms with Gasteiger partial charge in [0.25, 0.3) is 5.91 Å². The molecule has 1 amide bonds. The van der Waals surface area contributed by atoms with Gasteiger partial charge in [-0.05, 0) is 18.9 Å². The molecule has 0 saturated carbocycles. The summed E-state index contributed by atoms with van der Waals surface area (Å²) in [4.78, 5) is 17.6. The van der Waals surface area contributed by atoms with E-state index in [4.69, 9.17) is 0 Å². The van der Waals surface area contributed by atoms with Crippen LogP contribution in [0.25, 0.3) is 0 Å². The molecular weight excluding hydrogens is 240 g/mol. The minimum atomic E-state index is -3.32. The molecule has 5 nitrogen and oxygen atoms in total. The highest BCUT2D eigenvalue weighted by Crippen LogP contribution is 2.15. The lowest BCUT2D eigenvalue weighted by molar-refractivity contribution is 0.0792. The number of pyridine rings is 1. The molecule has 0 aliphatic carbocycles. The maximum absolute atomic E-state index is 12.0. The van der Waals surface area contributed by atoms with Crippen LogP contribution in [0.1, 0.15) is 23.2 Å². The maximum atomic E-state index is 12.0. The van der Waals surface area contributed by atoms with Crippen LogP contribution in [0.15, 0.2) is 23.4 Å². The highest BCUT2D eigenvalue weighted by atomic mass is 32.2. The third-order valence-corrected chi connectivity index (χ3v) is 3.86. The first kappa shape index (κ1) is 12.0. The average Bonchev–Trinajstić information content (AvgIpc) is 2.80. The molecular formula is C11H14N2O3S. The van der Waals surface area contributed by atoms with E-state index in [0.717, 1.165) is 32.2 Å². The molecule has 1 aliphatic heterocycles. The zero-order valence-electron chi connectivity index (χ0n) is 9.59. The fraction of sp³-hybridized carbons (Fsp3) is 0.455. The number of carbonyl (C=O) groups is 1. The van der Waals surface area contributed by atoms with E-state index in [-0.39, 0.29) is 10.8 Å². The van der Waals surface area contributed by atoms with Gasteiger partial charge in [-0.15, -0.1) is 0 Å². The molecule has 2 rings (SSSR count). The zero-order valence-corrected chi connectivity index (χ0v) is 10.4. The molecule has 0 atom stereocenters. The predicted octanol–water partition coefficient (Wildman–Crippen LogP) is 0.721. The summed E-state index contributed by atoms with van der Waals surface area (Å²) in [6.45, 7) is 1.48. The van der Waals surface area contributed by atoms with Gasteiger partial charge in [-0.1, -0.05) is 0 Å². The molecule has 17 heavy (non-hydrogen) atoms. The number of hydrogen-bond donors (Lipinski definition) is 0. The van der Waals surface area contributed by atoms with Crippen molar-refractivity contribution in [3.05, 3.63) is 24.0 Å². The Balaban J connectivity index is 2.30. The van der Waals surface area contributed by atoms with Gasteiger partial charge >= 0.3 is 0 Å². The summed E-state index contributed by atoms with van der Waals surface area (Å²) in [5.41, 5.74) is 0.342. The van der Waals surface area contributed by atoms with Crippen molar-refractivity contribution in [2.75, 3.05) is 19.3 Å². The number of nitrogens with zero attached hydrogens (tertiary/aromatic N) is 2. The minimum Gasteiger partial charge on any atom is -0.339 e. The second kappa shape index (κ2) is 4.44. The first-order chi connectivity index (χ1) is 7.98. The van der Waals surface area contributed by atoms with Crippen molar-refractivity contribution in [2.45, 2.75) is 17.7 Å². The first-order valence-electron chi connectivity index (χ1n) is 5.43. The Labute approximate surface area is 100 Å². The van der Waals surface area contributed by atoms with E-state index in [9.17, 15) is 13.2 Å². The van der Waals surface area contributed by atoms with Crippen molar-refractivity contribution < 1.29 is 13.2 Å². The van der Waals surface area contributed by atoms with Crippen LogP contribution in [-0.4, -0.2) is 43.6 Å². The summed E-state index contributed by atoms with van der Waals surface area (Å²) in [6.07, 6.45) is 5.79. The van der Waals surface area contributed by atoms with Gasteiger partial charge in [0, 0.05) is 31.7 Å². The standard InChI is InChI=1S/C11H14N2O3S/c1-17(15,16)10-6-9(7-12-8-10)11(14)13-4-2-3-5-13/h6-8H,2-5H2,1H3. The number of amides is 1. The van der Waals surface area contributed by atoms with Crippen LogP contribution in [0.2, 0.25) is 0 Å². The first-order valence-corrected chi connectivity index (χ1v) is 7.32.